The van der Waals surface area contributed by atoms with Crippen LogP contribution in [0.5, 0.6) is 0 Å². The van der Waals surface area contributed by atoms with Crippen LogP contribution in [-0.2, 0) is 22.6 Å². The fraction of sp³-hybridized carbons (Fsp3) is 0.188. The molecule has 7 heteroatoms. The molecule has 0 radical (unpaired) electrons. The number of hydrogen-bond donors (Lipinski definition) is 0. The number of aromatic nitrogens is 1. The first kappa shape index (κ1) is 15.8. The second kappa shape index (κ2) is 5.54. The SMILES string of the molecule is Cc1cc2c(cc1S(=O)(=O)Cc1ccccc1Cl)oc(=O)n2C. The second-order valence-corrected chi connectivity index (χ2v) is 7.73. The predicted molar refractivity (Wildman–Crippen MR) is 88.5 cm³/mol. The lowest BCUT2D eigenvalue weighted by Gasteiger charge is -2.09. The maximum atomic E-state index is 12.7. The highest BCUT2D eigenvalue weighted by atomic mass is 35.5. The molecule has 0 unspecified atom stereocenters. The number of nitrogens with zero attached hydrogens (tertiary/aromatic N) is 1. The van der Waals surface area contributed by atoms with Gasteiger partial charge in [-0.15, -0.1) is 0 Å². The summed E-state index contributed by atoms with van der Waals surface area (Å²) < 4.78 is 31.9. The van der Waals surface area contributed by atoms with Crippen molar-refractivity contribution in [2.75, 3.05) is 0 Å². The maximum Gasteiger partial charge on any atom is 0.419 e. The van der Waals surface area contributed by atoms with E-state index in [1.165, 1.54) is 10.6 Å². The highest BCUT2D eigenvalue weighted by Crippen LogP contribution is 2.27. The normalized spacial score (nSPS) is 12.0. The van der Waals surface area contributed by atoms with Gasteiger partial charge in [-0.05, 0) is 30.2 Å². The first-order chi connectivity index (χ1) is 10.8. The van der Waals surface area contributed by atoms with Crippen molar-refractivity contribution in [3.8, 4) is 0 Å². The van der Waals surface area contributed by atoms with E-state index in [1.54, 1.807) is 44.3 Å². The summed E-state index contributed by atoms with van der Waals surface area (Å²) in [5, 5.41) is 0.404. The molecule has 0 aliphatic heterocycles. The number of sulfone groups is 1. The Morgan fingerprint density at radius 2 is 1.91 bits per heavy atom. The zero-order valence-corrected chi connectivity index (χ0v) is 14.1. The molecular weight excluding hydrogens is 338 g/mol. The standard InChI is InChI=1S/C16H14ClNO4S/c1-10-7-13-14(22-16(19)18(13)2)8-15(10)23(20,21)9-11-5-3-4-6-12(11)17/h3-8H,9H2,1-2H3. The average Bonchev–Trinajstić information content (AvgIpc) is 2.76. The van der Waals surface area contributed by atoms with Crippen LogP contribution in [0.25, 0.3) is 11.1 Å². The number of hydrogen-bond acceptors (Lipinski definition) is 4. The third-order valence-corrected chi connectivity index (χ3v) is 5.90. The van der Waals surface area contributed by atoms with Crippen molar-refractivity contribution < 1.29 is 12.8 Å². The molecule has 2 aromatic carbocycles. The predicted octanol–water partition coefficient (Wildman–Crippen LogP) is 3.07. The van der Waals surface area contributed by atoms with Crippen LogP contribution in [0.4, 0.5) is 0 Å². The third kappa shape index (κ3) is 2.80. The van der Waals surface area contributed by atoms with Crippen LogP contribution in [-0.4, -0.2) is 13.0 Å². The first-order valence-electron chi connectivity index (χ1n) is 6.86. The number of oxazole rings is 1. The Morgan fingerprint density at radius 1 is 1.22 bits per heavy atom. The van der Waals surface area contributed by atoms with Crippen LogP contribution >= 0.6 is 11.6 Å². The quantitative estimate of drug-likeness (QED) is 0.727. The van der Waals surface area contributed by atoms with Crippen LogP contribution < -0.4 is 5.76 Å². The van der Waals surface area contributed by atoms with Crippen molar-refractivity contribution in [3.63, 3.8) is 0 Å². The monoisotopic (exact) mass is 351 g/mol. The third-order valence-electron chi connectivity index (χ3n) is 3.73. The van der Waals surface area contributed by atoms with Crippen molar-refractivity contribution >= 4 is 32.5 Å². The van der Waals surface area contributed by atoms with Gasteiger partial charge in [-0.25, -0.2) is 13.2 Å². The van der Waals surface area contributed by atoms with Gasteiger partial charge in [0.2, 0.25) is 0 Å². The molecule has 0 saturated heterocycles. The van der Waals surface area contributed by atoms with Crippen LogP contribution in [0.3, 0.4) is 0 Å². The lowest BCUT2D eigenvalue weighted by Crippen LogP contribution is -2.09. The van der Waals surface area contributed by atoms with E-state index in [1.807, 2.05) is 0 Å². The van der Waals surface area contributed by atoms with Crippen molar-refractivity contribution in [1.82, 2.24) is 4.57 Å². The van der Waals surface area contributed by atoms with Crippen molar-refractivity contribution in [1.29, 1.82) is 0 Å². The molecule has 1 aromatic heterocycles. The van der Waals surface area contributed by atoms with Gasteiger partial charge in [0.05, 0.1) is 16.2 Å². The van der Waals surface area contributed by atoms with Gasteiger partial charge in [0.25, 0.3) is 0 Å². The summed E-state index contributed by atoms with van der Waals surface area (Å²) in [5.41, 5.74) is 1.90. The Labute approximate surface area is 138 Å². The van der Waals surface area contributed by atoms with E-state index >= 15 is 0 Å². The lowest BCUT2D eigenvalue weighted by atomic mass is 10.2. The van der Waals surface area contributed by atoms with E-state index in [0.717, 1.165) is 0 Å². The molecular formula is C16H14ClNO4S. The lowest BCUT2D eigenvalue weighted by molar-refractivity contribution is 0.527. The smallest absolute Gasteiger partial charge is 0.408 e. The van der Waals surface area contributed by atoms with Gasteiger partial charge in [0, 0.05) is 18.1 Å². The molecule has 0 saturated carbocycles. The summed E-state index contributed by atoms with van der Waals surface area (Å²) in [7, 11) is -2.04. The number of fused-ring (bicyclic) bond motifs is 1. The molecule has 3 rings (SSSR count). The summed E-state index contributed by atoms with van der Waals surface area (Å²) in [6.07, 6.45) is 0. The minimum atomic E-state index is -3.62. The molecule has 0 bridgehead atoms. The fourth-order valence-corrected chi connectivity index (χ4v) is 4.43. The highest BCUT2D eigenvalue weighted by molar-refractivity contribution is 7.90. The summed E-state index contributed by atoms with van der Waals surface area (Å²) in [4.78, 5) is 11.7. The Kier molecular flexibility index (Phi) is 3.82. The molecule has 0 aliphatic carbocycles. The number of rotatable bonds is 3. The molecule has 23 heavy (non-hydrogen) atoms. The van der Waals surface area contributed by atoms with E-state index in [2.05, 4.69) is 0 Å². The van der Waals surface area contributed by atoms with Crippen LogP contribution in [0.1, 0.15) is 11.1 Å². The summed E-state index contributed by atoms with van der Waals surface area (Å²) >= 11 is 6.05. The molecule has 5 nitrogen and oxygen atoms in total. The minimum Gasteiger partial charge on any atom is -0.408 e. The molecule has 0 atom stereocenters. The van der Waals surface area contributed by atoms with E-state index in [4.69, 9.17) is 16.0 Å². The first-order valence-corrected chi connectivity index (χ1v) is 8.89. The second-order valence-electron chi connectivity index (χ2n) is 5.36. The summed E-state index contributed by atoms with van der Waals surface area (Å²) in [6, 6.07) is 9.85. The van der Waals surface area contributed by atoms with Gasteiger partial charge in [-0.2, -0.15) is 0 Å². The number of halogens is 1. The van der Waals surface area contributed by atoms with Crippen molar-refractivity contribution in [2.45, 2.75) is 17.6 Å². The molecule has 0 aliphatic rings. The minimum absolute atomic E-state index is 0.138. The van der Waals surface area contributed by atoms with Gasteiger partial charge < -0.3 is 4.42 Å². The molecule has 0 amide bonds. The average molecular weight is 352 g/mol. The zero-order valence-electron chi connectivity index (χ0n) is 12.5. The molecule has 0 fully saturated rings. The fourth-order valence-electron chi connectivity index (χ4n) is 2.49. The largest absolute Gasteiger partial charge is 0.419 e. The maximum absolute atomic E-state index is 12.7. The van der Waals surface area contributed by atoms with Crippen LogP contribution in [0.15, 0.2) is 50.5 Å². The van der Waals surface area contributed by atoms with Crippen molar-refractivity contribution in [3.05, 3.63) is 63.1 Å². The van der Waals surface area contributed by atoms with Gasteiger partial charge in [-0.3, -0.25) is 4.57 Å². The van der Waals surface area contributed by atoms with Gasteiger partial charge in [0.15, 0.2) is 15.4 Å². The van der Waals surface area contributed by atoms with Gasteiger partial charge >= 0.3 is 5.76 Å². The Morgan fingerprint density at radius 3 is 2.61 bits per heavy atom. The summed E-state index contributed by atoms with van der Waals surface area (Å²) in [5.74, 6) is -0.740. The Bertz CT molecular complexity index is 1060. The summed E-state index contributed by atoms with van der Waals surface area (Å²) in [6.45, 7) is 1.69. The zero-order chi connectivity index (χ0) is 16.8. The van der Waals surface area contributed by atoms with Crippen LogP contribution in [0, 0.1) is 6.92 Å². The molecule has 0 spiro atoms. The van der Waals surface area contributed by atoms with Crippen LogP contribution in [0.2, 0.25) is 5.02 Å². The van der Waals surface area contributed by atoms with E-state index in [-0.39, 0.29) is 16.2 Å². The van der Waals surface area contributed by atoms with Crippen molar-refractivity contribution in [2.24, 2.45) is 7.05 Å². The van der Waals surface area contributed by atoms with Gasteiger partial charge in [0.1, 0.15) is 0 Å². The Hall–Kier alpha value is -2.05. The Balaban J connectivity index is 2.13. The van der Waals surface area contributed by atoms with Gasteiger partial charge in [-0.1, -0.05) is 29.8 Å². The van der Waals surface area contributed by atoms with E-state index in [9.17, 15) is 13.2 Å². The topological polar surface area (TPSA) is 69.3 Å². The molecule has 1 heterocycles. The molecule has 120 valence electrons. The van der Waals surface area contributed by atoms with E-state index in [0.29, 0.717) is 21.7 Å². The number of benzene rings is 2. The molecule has 3 aromatic rings. The van der Waals surface area contributed by atoms with E-state index < -0.39 is 15.6 Å². The molecule has 0 N–H and O–H groups in total. The number of aryl methyl sites for hydroxylation is 2. The highest BCUT2D eigenvalue weighted by Gasteiger charge is 2.21.